The second kappa shape index (κ2) is 6.13. The van der Waals surface area contributed by atoms with Gasteiger partial charge >= 0.3 is 0 Å². The fourth-order valence-electron chi connectivity index (χ4n) is 2.13. The van der Waals surface area contributed by atoms with Gasteiger partial charge in [-0.05, 0) is 37.1 Å². The van der Waals surface area contributed by atoms with Crippen LogP contribution in [0.4, 0.5) is 5.69 Å². The van der Waals surface area contributed by atoms with Crippen molar-refractivity contribution in [1.29, 1.82) is 0 Å². The Bertz CT molecular complexity index is 604. The van der Waals surface area contributed by atoms with E-state index in [4.69, 9.17) is 10.5 Å². The van der Waals surface area contributed by atoms with E-state index in [0.717, 1.165) is 0 Å². The van der Waals surface area contributed by atoms with E-state index < -0.39 is 15.4 Å². The van der Waals surface area contributed by atoms with Gasteiger partial charge in [-0.15, -0.1) is 0 Å². The van der Waals surface area contributed by atoms with Gasteiger partial charge in [0.25, 0.3) is 0 Å². The molecule has 2 rings (SSSR count). The minimum absolute atomic E-state index is 0.0462. The molecule has 116 valence electrons. The molecule has 6 nitrogen and oxygen atoms in total. The third kappa shape index (κ3) is 3.61. The highest BCUT2D eigenvalue weighted by atomic mass is 32.2. The molecular weight excluding hydrogens is 292 g/mol. The van der Waals surface area contributed by atoms with Crippen molar-refractivity contribution < 1.29 is 17.9 Å². The molecule has 0 radical (unpaired) electrons. The molecule has 1 amide bonds. The maximum absolute atomic E-state index is 12.2. The number of nitrogens with two attached hydrogens (primary N) is 1. The number of rotatable bonds is 4. The topological polar surface area (TPSA) is 98.5 Å². The smallest absolute Gasteiger partial charge is 0.244 e. The Morgan fingerprint density at radius 2 is 1.86 bits per heavy atom. The number of carbonyl (C=O) groups is 1. The van der Waals surface area contributed by atoms with Crippen LogP contribution in [0.1, 0.15) is 19.8 Å². The van der Waals surface area contributed by atoms with Gasteiger partial charge in [0.05, 0.1) is 10.6 Å². The zero-order valence-electron chi connectivity index (χ0n) is 12.0. The molecule has 1 fully saturated rings. The summed E-state index contributed by atoms with van der Waals surface area (Å²) in [4.78, 5) is 12.5. The lowest BCUT2D eigenvalue weighted by Gasteiger charge is -2.31. The van der Waals surface area contributed by atoms with E-state index >= 15 is 0 Å². The number of anilines is 1. The van der Waals surface area contributed by atoms with Crippen molar-refractivity contribution in [2.75, 3.05) is 24.3 Å². The summed E-state index contributed by atoms with van der Waals surface area (Å²) in [6, 6.07) is 6.12. The molecule has 1 saturated heterocycles. The second-order valence-corrected chi connectivity index (χ2v) is 7.43. The summed E-state index contributed by atoms with van der Waals surface area (Å²) < 4.78 is 28.6. The molecule has 7 heteroatoms. The zero-order valence-corrected chi connectivity index (χ0v) is 12.8. The molecule has 1 aromatic rings. The molecule has 0 aliphatic carbocycles. The van der Waals surface area contributed by atoms with Gasteiger partial charge in [0.15, 0.2) is 9.84 Å². The monoisotopic (exact) mass is 312 g/mol. The molecule has 3 N–H and O–H groups in total. The fourth-order valence-corrected chi connectivity index (χ4v) is 3.01. The standard InChI is InChI=1S/C14H20N2O4S/c1-2-21(18,19)12-5-3-11(4-6-12)16-13(17)14(15)7-9-20-10-8-14/h3-6H,2,7-10,15H2,1H3,(H,16,17). The molecule has 0 saturated carbocycles. The van der Waals surface area contributed by atoms with Crippen LogP contribution in [0.5, 0.6) is 0 Å². The number of nitrogens with one attached hydrogen (secondary N) is 1. The SMILES string of the molecule is CCS(=O)(=O)c1ccc(NC(=O)C2(N)CCOCC2)cc1. The van der Waals surface area contributed by atoms with E-state index in [1.165, 1.54) is 12.1 Å². The quantitative estimate of drug-likeness (QED) is 0.861. The molecular formula is C14H20N2O4S. The van der Waals surface area contributed by atoms with Crippen LogP contribution < -0.4 is 11.1 Å². The van der Waals surface area contributed by atoms with Crippen LogP contribution in [-0.2, 0) is 19.4 Å². The molecule has 21 heavy (non-hydrogen) atoms. The molecule has 1 aliphatic rings. The van der Waals surface area contributed by atoms with Crippen molar-refractivity contribution in [3.05, 3.63) is 24.3 Å². The summed E-state index contributed by atoms with van der Waals surface area (Å²) in [5, 5.41) is 2.73. The molecule has 1 heterocycles. The van der Waals surface area contributed by atoms with Crippen LogP contribution >= 0.6 is 0 Å². The van der Waals surface area contributed by atoms with Gasteiger partial charge in [-0.3, -0.25) is 4.79 Å². The normalized spacial score (nSPS) is 18.2. The predicted molar refractivity (Wildman–Crippen MR) is 79.8 cm³/mol. The minimum atomic E-state index is -3.23. The number of hydrogen-bond donors (Lipinski definition) is 2. The first kappa shape index (κ1) is 15.9. The first-order valence-electron chi connectivity index (χ1n) is 6.88. The number of amides is 1. The Hall–Kier alpha value is -1.44. The molecule has 1 aliphatic heterocycles. The van der Waals surface area contributed by atoms with E-state index in [1.54, 1.807) is 19.1 Å². The summed E-state index contributed by atoms with van der Waals surface area (Å²) in [7, 11) is -3.23. The molecule has 0 aromatic heterocycles. The third-order valence-corrected chi connectivity index (χ3v) is 5.44. The van der Waals surface area contributed by atoms with Gasteiger partial charge in [-0.1, -0.05) is 6.92 Å². The minimum Gasteiger partial charge on any atom is -0.381 e. The Morgan fingerprint density at radius 3 is 2.38 bits per heavy atom. The number of benzene rings is 1. The van der Waals surface area contributed by atoms with Crippen molar-refractivity contribution in [3.8, 4) is 0 Å². The Balaban J connectivity index is 2.08. The van der Waals surface area contributed by atoms with Gasteiger partial charge in [0.2, 0.25) is 5.91 Å². The van der Waals surface area contributed by atoms with Crippen molar-refractivity contribution in [2.24, 2.45) is 5.73 Å². The van der Waals surface area contributed by atoms with Gasteiger partial charge in [-0.2, -0.15) is 0 Å². The van der Waals surface area contributed by atoms with Crippen molar-refractivity contribution in [2.45, 2.75) is 30.2 Å². The molecule has 1 aromatic carbocycles. The largest absolute Gasteiger partial charge is 0.381 e. The molecule has 0 unspecified atom stereocenters. The number of hydrogen-bond acceptors (Lipinski definition) is 5. The van der Waals surface area contributed by atoms with Gasteiger partial charge < -0.3 is 15.8 Å². The van der Waals surface area contributed by atoms with Gasteiger partial charge in [-0.25, -0.2) is 8.42 Å². The van der Waals surface area contributed by atoms with E-state index in [0.29, 0.717) is 31.7 Å². The zero-order chi connectivity index (χ0) is 15.5. The van der Waals surface area contributed by atoms with E-state index in [9.17, 15) is 13.2 Å². The summed E-state index contributed by atoms with van der Waals surface area (Å²) in [5.41, 5.74) is 5.69. The second-order valence-electron chi connectivity index (χ2n) is 5.15. The van der Waals surface area contributed by atoms with Crippen molar-refractivity contribution >= 4 is 21.4 Å². The molecule has 0 atom stereocenters. The maximum atomic E-state index is 12.2. The highest BCUT2D eigenvalue weighted by molar-refractivity contribution is 7.91. The number of sulfone groups is 1. The van der Waals surface area contributed by atoms with Crippen LogP contribution in [0.25, 0.3) is 0 Å². The first-order chi connectivity index (χ1) is 9.87. The van der Waals surface area contributed by atoms with Crippen LogP contribution in [0.2, 0.25) is 0 Å². The first-order valence-corrected chi connectivity index (χ1v) is 8.53. The van der Waals surface area contributed by atoms with Gasteiger partial charge in [0.1, 0.15) is 5.54 Å². The number of ether oxygens (including phenoxy) is 1. The van der Waals surface area contributed by atoms with Crippen LogP contribution in [0, 0.1) is 0 Å². The third-order valence-electron chi connectivity index (χ3n) is 3.69. The summed E-state index contributed by atoms with van der Waals surface area (Å²) >= 11 is 0. The van der Waals surface area contributed by atoms with Crippen molar-refractivity contribution in [1.82, 2.24) is 0 Å². The predicted octanol–water partition coefficient (Wildman–Crippen LogP) is 0.927. The van der Waals surface area contributed by atoms with Crippen LogP contribution in [0.15, 0.2) is 29.2 Å². The average Bonchev–Trinajstić information content (AvgIpc) is 2.48. The summed E-state index contributed by atoms with van der Waals surface area (Å²) in [5.74, 6) is -0.221. The van der Waals surface area contributed by atoms with E-state index in [-0.39, 0.29) is 16.6 Å². The van der Waals surface area contributed by atoms with E-state index in [2.05, 4.69) is 5.32 Å². The summed E-state index contributed by atoms with van der Waals surface area (Å²) in [6.45, 7) is 2.53. The number of carbonyl (C=O) groups excluding carboxylic acids is 1. The fraction of sp³-hybridized carbons (Fsp3) is 0.500. The van der Waals surface area contributed by atoms with E-state index in [1.807, 2.05) is 0 Å². The lowest BCUT2D eigenvalue weighted by atomic mass is 9.90. The average molecular weight is 312 g/mol. The van der Waals surface area contributed by atoms with Crippen molar-refractivity contribution in [3.63, 3.8) is 0 Å². The Kier molecular flexibility index (Phi) is 4.65. The van der Waals surface area contributed by atoms with Gasteiger partial charge in [0, 0.05) is 18.9 Å². The highest BCUT2D eigenvalue weighted by Crippen LogP contribution is 2.21. The highest BCUT2D eigenvalue weighted by Gasteiger charge is 2.35. The Labute approximate surface area is 124 Å². The molecule has 0 bridgehead atoms. The maximum Gasteiger partial charge on any atom is 0.244 e. The Morgan fingerprint density at radius 1 is 1.29 bits per heavy atom. The van der Waals surface area contributed by atoms with Crippen LogP contribution in [-0.4, -0.2) is 38.8 Å². The summed E-state index contributed by atoms with van der Waals surface area (Å²) in [6.07, 6.45) is 0.947. The molecule has 0 spiro atoms. The lowest BCUT2D eigenvalue weighted by Crippen LogP contribution is -2.54. The van der Waals surface area contributed by atoms with Crippen LogP contribution in [0.3, 0.4) is 0 Å². The lowest BCUT2D eigenvalue weighted by molar-refractivity contribution is -0.124.